The van der Waals surface area contributed by atoms with E-state index < -0.39 is 0 Å². The van der Waals surface area contributed by atoms with Gasteiger partial charge in [0, 0.05) is 38.3 Å². The third-order valence-corrected chi connectivity index (χ3v) is 7.79. The van der Waals surface area contributed by atoms with Crippen molar-refractivity contribution in [2.75, 3.05) is 18.0 Å². The zero-order valence-electron chi connectivity index (χ0n) is 22.5. The summed E-state index contributed by atoms with van der Waals surface area (Å²) in [5, 5.41) is 9.50. The summed E-state index contributed by atoms with van der Waals surface area (Å²) in [5.74, 6) is -0.409. The van der Waals surface area contributed by atoms with Crippen molar-refractivity contribution in [2.24, 2.45) is 13.0 Å². The number of aromatic nitrogens is 2. The van der Waals surface area contributed by atoms with Crippen LogP contribution >= 0.6 is 0 Å². The van der Waals surface area contributed by atoms with Crippen LogP contribution in [0.1, 0.15) is 43.6 Å². The molecular weight excluding hydrogens is 496 g/mol. The lowest BCUT2D eigenvalue weighted by atomic mass is 9.90. The number of hydrogen-bond acceptors (Lipinski definition) is 5. The Morgan fingerprint density at radius 3 is 2.08 bits per heavy atom. The topological polar surface area (TPSA) is 65.2 Å². The lowest BCUT2D eigenvalue weighted by Gasteiger charge is -2.51. The van der Waals surface area contributed by atoms with Gasteiger partial charge in [-0.1, -0.05) is 38.1 Å². The van der Waals surface area contributed by atoms with Gasteiger partial charge in [0.1, 0.15) is 28.9 Å². The Morgan fingerprint density at radius 2 is 1.54 bits per heavy atom. The molecule has 39 heavy (non-hydrogen) atoms. The van der Waals surface area contributed by atoms with E-state index in [-0.39, 0.29) is 41.2 Å². The molecule has 8 heteroatoms. The van der Waals surface area contributed by atoms with Gasteiger partial charge < -0.3 is 9.47 Å². The first kappa shape index (κ1) is 26.5. The van der Waals surface area contributed by atoms with Crippen molar-refractivity contribution < 1.29 is 8.78 Å². The Balaban J connectivity index is 1.61. The average Bonchev–Trinajstić information content (AvgIpc) is 2.93. The van der Waals surface area contributed by atoms with Gasteiger partial charge in [-0.3, -0.25) is 9.69 Å². The van der Waals surface area contributed by atoms with Crippen LogP contribution in [0.4, 0.5) is 14.5 Å². The Kier molecular flexibility index (Phi) is 7.19. The van der Waals surface area contributed by atoms with E-state index in [1.807, 2.05) is 0 Å². The highest BCUT2D eigenvalue weighted by Crippen LogP contribution is 2.37. The first-order chi connectivity index (χ1) is 18.7. The summed E-state index contributed by atoms with van der Waals surface area (Å²) in [4.78, 5) is 22.2. The fourth-order valence-electron chi connectivity index (χ4n) is 5.69. The van der Waals surface area contributed by atoms with E-state index in [0.29, 0.717) is 29.8 Å². The lowest BCUT2D eigenvalue weighted by molar-refractivity contribution is 0.113. The number of piperazine rings is 1. The first-order valence-corrected chi connectivity index (χ1v) is 13.1. The number of pyridine rings is 2. The largest absolute Gasteiger partial charge is 0.363 e. The van der Waals surface area contributed by atoms with Crippen molar-refractivity contribution in [1.29, 1.82) is 5.26 Å². The third-order valence-electron chi connectivity index (χ3n) is 7.79. The van der Waals surface area contributed by atoms with Crippen LogP contribution < -0.4 is 10.5 Å². The third kappa shape index (κ3) is 5.02. The van der Waals surface area contributed by atoms with Crippen molar-refractivity contribution in [3.05, 3.63) is 106 Å². The van der Waals surface area contributed by atoms with Gasteiger partial charge in [-0.2, -0.15) is 5.26 Å². The van der Waals surface area contributed by atoms with Crippen LogP contribution in [0.3, 0.4) is 0 Å². The monoisotopic (exact) mass is 527 g/mol. The van der Waals surface area contributed by atoms with Crippen LogP contribution in [0.2, 0.25) is 0 Å². The molecule has 1 fully saturated rings. The highest BCUT2D eigenvalue weighted by molar-refractivity contribution is 5.89. The van der Waals surface area contributed by atoms with Crippen LogP contribution in [0.5, 0.6) is 0 Å². The molecule has 1 aliphatic heterocycles. The maximum absolute atomic E-state index is 13.9. The van der Waals surface area contributed by atoms with Crippen molar-refractivity contribution in [1.82, 2.24) is 14.5 Å². The quantitative estimate of drug-likeness (QED) is 0.347. The van der Waals surface area contributed by atoms with E-state index in [1.54, 1.807) is 54.1 Å². The Hall–Kier alpha value is -4.09. The van der Waals surface area contributed by atoms with Gasteiger partial charge in [0.05, 0.1) is 17.2 Å². The van der Waals surface area contributed by atoms with Gasteiger partial charge in [-0.05, 0) is 60.4 Å². The van der Waals surface area contributed by atoms with E-state index in [2.05, 4.69) is 41.6 Å². The molecule has 0 amide bonds. The SMILES string of the molecule is CC(C)[C@H]1CN(C(c2ccc(F)cc2)c2ccc(F)cc2)[C@@H](C)CN1c1cc(=O)n(C)c2ccc(C#N)nc12. The van der Waals surface area contributed by atoms with Gasteiger partial charge >= 0.3 is 0 Å². The predicted molar refractivity (Wildman–Crippen MR) is 148 cm³/mol. The van der Waals surface area contributed by atoms with Crippen molar-refractivity contribution in [3.8, 4) is 6.07 Å². The normalized spacial score (nSPS) is 18.2. The number of fused-ring (bicyclic) bond motifs is 1. The number of halogens is 2. The molecule has 3 heterocycles. The summed E-state index contributed by atoms with van der Waals surface area (Å²) in [6.45, 7) is 7.67. The van der Waals surface area contributed by atoms with Crippen LogP contribution in [-0.2, 0) is 7.05 Å². The smallest absolute Gasteiger partial charge is 0.252 e. The molecular formula is C31H31F2N5O. The highest BCUT2D eigenvalue weighted by Gasteiger charge is 2.38. The number of hydrogen-bond donors (Lipinski definition) is 0. The molecule has 1 aliphatic rings. The molecule has 200 valence electrons. The predicted octanol–water partition coefficient (Wildman–Crippen LogP) is 5.41. The van der Waals surface area contributed by atoms with Crippen LogP contribution in [0.25, 0.3) is 11.0 Å². The molecule has 1 saturated heterocycles. The second-order valence-corrected chi connectivity index (χ2v) is 10.6. The van der Waals surface area contributed by atoms with Gasteiger partial charge in [0.15, 0.2) is 0 Å². The molecule has 2 aromatic heterocycles. The molecule has 2 atom stereocenters. The standard InChI is InChI=1S/C31H31F2N5O/c1-19(2)28-18-37(31(21-5-9-23(32)10-6-21)22-7-11-24(33)12-8-22)20(3)17-38(28)27-15-29(39)36(4)26-14-13-25(16-34)35-30(26)27/h5-15,19-20,28,31H,17-18H2,1-4H3/t20-,28+/m0/s1. The van der Waals surface area contributed by atoms with Crippen LogP contribution in [-0.4, -0.2) is 39.6 Å². The molecule has 4 aromatic rings. The minimum absolute atomic E-state index is 0.00689. The zero-order chi connectivity index (χ0) is 27.8. The molecule has 0 saturated carbocycles. The van der Waals surface area contributed by atoms with Crippen molar-refractivity contribution in [2.45, 2.75) is 38.9 Å². The van der Waals surface area contributed by atoms with Gasteiger partial charge in [-0.25, -0.2) is 13.8 Å². The minimum atomic E-state index is -0.309. The van der Waals surface area contributed by atoms with E-state index >= 15 is 0 Å². The first-order valence-electron chi connectivity index (χ1n) is 13.1. The molecule has 2 aromatic carbocycles. The van der Waals surface area contributed by atoms with Gasteiger partial charge in [-0.15, -0.1) is 0 Å². The van der Waals surface area contributed by atoms with E-state index in [0.717, 1.165) is 16.8 Å². The summed E-state index contributed by atoms with van der Waals surface area (Å²) in [6, 6.07) is 19.9. The molecule has 0 unspecified atom stereocenters. The second-order valence-electron chi connectivity index (χ2n) is 10.6. The lowest BCUT2D eigenvalue weighted by Crippen LogP contribution is -2.60. The number of nitrogens with zero attached hydrogens (tertiary/aromatic N) is 5. The van der Waals surface area contributed by atoms with E-state index in [9.17, 15) is 18.8 Å². The fourth-order valence-corrected chi connectivity index (χ4v) is 5.69. The number of benzene rings is 2. The Morgan fingerprint density at radius 1 is 0.949 bits per heavy atom. The molecule has 0 spiro atoms. The average molecular weight is 528 g/mol. The number of anilines is 1. The summed E-state index contributed by atoms with van der Waals surface area (Å²) >= 11 is 0. The number of rotatable bonds is 5. The van der Waals surface area contributed by atoms with Crippen LogP contribution in [0.15, 0.2) is 71.5 Å². The maximum Gasteiger partial charge on any atom is 0.252 e. The van der Waals surface area contributed by atoms with E-state index in [1.165, 1.54) is 24.3 Å². The summed E-state index contributed by atoms with van der Waals surface area (Å²) < 4.78 is 29.3. The van der Waals surface area contributed by atoms with Gasteiger partial charge in [0.25, 0.3) is 5.56 Å². The van der Waals surface area contributed by atoms with Crippen LogP contribution in [0, 0.1) is 28.9 Å². The maximum atomic E-state index is 13.9. The number of aryl methyl sites for hydroxylation is 1. The molecule has 0 bridgehead atoms. The summed E-state index contributed by atoms with van der Waals surface area (Å²) in [6.07, 6.45) is 0. The zero-order valence-corrected chi connectivity index (χ0v) is 22.5. The van der Waals surface area contributed by atoms with E-state index in [4.69, 9.17) is 0 Å². The highest BCUT2D eigenvalue weighted by atomic mass is 19.1. The van der Waals surface area contributed by atoms with Crippen molar-refractivity contribution >= 4 is 16.7 Å². The van der Waals surface area contributed by atoms with Crippen molar-refractivity contribution in [3.63, 3.8) is 0 Å². The molecule has 0 aliphatic carbocycles. The Bertz CT molecular complexity index is 1550. The molecule has 6 nitrogen and oxygen atoms in total. The molecule has 5 rings (SSSR count). The molecule has 0 N–H and O–H groups in total. The molecule has 0 radical (unpaired) electrons. The van der Waals surface area contributed by atoms with Gasteiger partial charge in [0.2, 0.25) is 0 Å². The summed E-state index contributed by atoms with van der Waals surface area (Å²) in [7, 11) is 1.71. The fraction of sp³-hybridized carbons (Fsp3) is 0.323. The summed E-state index contributed by atoms with van der Waals surface area (Å²) in [5.41, 5.74) is 4.01. The minimum Gasteiger partial charge on any atom is -0.363 e. The Labute approximate surface area is 226 Å². The second kappa shape index (κ2) is 10.6. The number of nitriles is 1.